The summed E-state index contributed by atoms with van der Waals surface area (Å²) in [4.78, 5) is 4.41. The van der Waals surface area contributed by atoms with Gasteiger partial charge in [0.25, 0.3) is 0 Å². The first-order chi connectivity index (χ1) is 6.29. The Balaban J connectivity index is 2.85. The summed E-state index contributed by atoms with van der Waals surface area (Å²) in [5, 5.41) is 3.37. The summed E-state index contributed by atoms with van der Waals surface area (Å²) in [6.07, 6.45) is 2.92. The molecule has 1 N–H and O–H groups in total. The minimum Gasteiger partial charge on any atom is -0.309 e. The summed E-state index contributed by atoms with van der Waals surface area (Å²) in [6.45, 7) is 7.43. The highest BCUT2D eigenvalue weighted by Crippen LogP contribution is 2.14. The van der Waals surface area contributed by atoms with Crippen molar-refractivity contribution in [1.82, 2.24) is 10.3 Å². The maximum atomic E-state index is 4.41. The molecular weight excluding hydrogens is 160 g/mol. The van der Waals surface area contributed by atoms with E-state index in [0.717, 1.165) is 13.0 Å². The number of aromatic nitrogens is 1. The van der Waals surface area contributed by atoms with Crippen LogP contribution in [0.15, 0.2) is 18.3 Å². The third-order valence-corrected chi connectivity index (χ3v) is 2.23. The molecule has 72 valence electrons. The summed E-state index contributed by atoms with van der Waals surface area (Å²) >= 11 is 0. The van der Waals surface area contributed by atoms with Gasteiger partial charge in [0.2, 0.25) is 0 Å². The van der Waals surface area contributed by atoms with Gasteiger partial charge in [0.05, 0.1) is 5.69 Å². The third kappa shape index (κ3) is 2.52. The Morgan fingerprint density at radius 1 is 1.46 bits per heavy atom. The molecule has 0 saturated carbocycles. The van der Waals surface area contributed by atoms with Gasteiger partial charge in [-0.3, -0.25) is 4.98 Å². The Bertz CT molecular complexity index is 258. The highest BCUT2D eigenvalue weighted by atomic mass is 14.9. The molecule has 1 aromatic rings. The van der Waals surface area contributed by atoms with Crippen LogP contribution >= 0.6 is 0 Å². The lowest BCUT2D eigenvalue weighted by molar-refractivity contribution is 0.578. The van der Waals surface area contributed by atoms with Gasteiger partial charge in [-0.2, -0.15) is 0 Å². The summed E-state index contributed by atoms with van der Waals surface area (Å²) in [5.41, 5.74) is 2.53. The fourth-order valence-electron chi connectivity index (χ4n) is 1.54. The topological polar surface area (TPSA) is 24.9 Å². The Kier molecular flexibility index (Phi) is 3.90. The monoisotopic (exact) mass is 178 g/mol. The molecular formula is C11H18N2. The zero-order chi connectivity index (χ0) is 9.68. The van der Waals surface area contributed by atoms with E-state index in [1.807, 2.05) is 12.3 Å². The van der Waals surface area contributed by atoms with Crippen LogP contribution in [0.4, 0.5) is 0 Å². The van der Waals surface area contributed by atoms with Crippen molar-refractivity contribution in [3.05, 3.63) is 29.6 Å². The lowest BCUT2D eigenvalue weighted by Crippen LogP contribution is -2.20. The summed E-state index contributed by atoms with van der Waals surface area (Å²) < 4.78 is 0. The predicted octanol–water partition coefficient (Wildman–Crippen LogP) is 2.31. The molecule has 0 bridgehead atoms. The smallest absolute Gasteiger partial charge is 0.0602 e. The van der Waals surface area contributed by atoms with Crippen LogP contribution in [0.2, 0.25) is 0 Å². The minimum atomic E-state index is 0.362. The molecule has 0 aliphatic heterocycles. The van der Waals surface area contributed by atoms with E-state index in [1.54, 1.807) is 0 Å². The maximum Gasteiger partial charge on any atom is 0.0602 e. The molecule has 0 fully saturated rings. The zero-order valence-corrected chi connectivity index (χ0v) is 8.67. The Morgan fingerprint density at radius 2 is 2.23 bits per heavy atom. The van der Waals surface area contributed by atoms with Gasteiger partial charge in [-0.25, -0.2) is 0 Å². The number of pyridine rings is 1. The molecule has 0 amide bonds. The van der Waals surface area contributed by atoms with Crippen LogP contribution in [0.25, 0.3) is 0 Å². The largest absolute Gasteiger partial charge is 0.309 e. The summed E-state index contributed by atoms with van der Waals surface area (Å²) in [7, 11) is 0. The molecule has 0 aromatic carbocycles. The molecule has 2 heteroatoms. The van der Waals surface area contributed by atoms with Crippen molar-refractivity contribution in [2.45, 2.75) is 33.2 Å². The van der Waals surface area contributed by atoms with E-state index in [2.05, 4.69) is 37.1 Å². The van der Waals surface area contributed by atoms with E-state index in [-0.39, 0.29) is 0 Å². The molecule has 13 heavy (non-hydrogen) atoms. The Morgan fingerprint density at radius 3 is 2.85 bits per heavy atom. The Labute approximate surface area is 80.4 Å². The van der Waals surface area contributed by atoms with Crippen molar-refractivity contribution in [3.63, 3.8) is 0 Å². The van der Waals surface area contributed by atoms with Gasteiger partial charge in [0.15, 0.2) is 0 Å². The van der Waals surface area contributed by atoms with Gasteiger partial charge in [0, 0.05) is 12.2 Å². The molecule has 1 atom stereocenters. The van der Waals surface area contributed by atoms with Crippen LogP contribution in [0.5, 0.6) is 0 Å². The lowest BCUT2D eigenvalue weighted by atomic mass is 10.1. The summed E-state index contributed by atoms with van der Waals surface area (Å²) in [5.74, 6) is 0. The number of aryl methyl sites for hydroxylation is 1. The molecule has 1 rings (SSSR count). The maximum absolute atomic E-state index is 4.41. The SMILES string of the molecule is CCNC(C)c1ncccc1CC. The molecule has 0 aliphatic carbocycles. The van der Waals surface area contributed by atoms with Crippen LogP contribution in [0.3, 0.4) is 0 Å². The molecule has 0 spiro atoms. The number of hydrogen-bond acceptors (Lipinski definition) is 2. The van der Waals surface area contributed by atoms with Crippen LogP contribution in [-0.4, -0.2) is 11.5 Å². The first-order valence-corrected chi connectivity index (χ1v) is 4.96. The van der Waals surface area contributed by atoms with Crippen molar-refractivity contribution in [2.24, 2.45) is 0 Å². The van der Waals surface area contributed by atoms with Crippen molar-refractivity contribution in [3.8, 4) is 0 Å². The third-order valence-electron chi connectivity index (χ3n) is 2.23. The van der Waals surface area contributed by atoms with Gasteiger partial charge in [-0.1, -0.05) is 19.9 Å². The van der Waals surface area contributed by atoms with Crippen LogP contribution in [0, 0.1) is 0 Å². The normalized spacial score (nSPS) is 12.8. The van der Waals surface area contributed by atoms with E-state index in [9.17, 15) is 0 Å². The van der Waals surface area contributed by atoms with Crippen molar-refractivity contribution in [1.29, 1.82) is 0 Å². The van der Waals surface area contributed by atoms with E-state index >= 15 is 0 Å². The minimum absolute atomic E-state index is 0.362. The number of rotatable bonds is 4. The number of nitrogens with one attached hydrogen (secondary N) is 1. The van der Waals surface area contributed by atoms with Gasteiger partial charge in [-0.05, 0) is 31.5 Å². The van der Waals surface area contributed by atoms with E-state index in [1.165, 1.54) is 11.3 Å². The number of hydrogen-bond donors (Lipinski definition) is 1. The fraction of sp³-hybridized carbons (Fsp3) is 0.545. The molecule has 0 saturated heterocycles. The average molecular weight is 178 g/mol. The highest BCUT2D eigenvalue weighted by molar-refractivity contribution is 5.22. The van der Waals surface area contributed by atoms with Crippen LogP contribution < -0.4 is 5.32 Å². The lowest BCUT2D eigenvalue weighted by Gasteiger charge is -2.14. The quantitative estimate of drug-likeness (QED) is 0.765. The predicted molar refractivity (Wildman–Crippen MR) is 55.7 cm³/mol. The standard InChI is InChI=1S/C11H18N2/c1-4-10-7-6-8-13-11(10)9(3)12-5-2/h6-9,12H,4-5H2,1-3H3. The van der Waals surface area contributed by atoms with Gasteiger partial charge < -0.3 is 5.32 Å². The molecule has 1 aromatic heterocycles. The molecule has 1 heterocycles. The van der Waals surface area contributed by atoms with Gasteiger partial charge >= 0.3 is 0 Å². The van der Waals surface area contributed by atoms with Crippen molar-refractivity contribution in [2.75, 3.05) is 6.54 Å². The van der Waals surface area contributed by atoms with Crippen LogP contribution in [0.1, 0.15) is 38.1 Å². The molecule has 0 radical (unpaired) electrons. The van der Waals surface area contributed by atoms with Crippen LogP contribution in [-0.2, 0) is 6.42 Å². The second-order valence-electron chi connectivity index (χ2n) is 3.18. The molecule has 2 nitrogen and oxygen atoms in total. The van der Waals surface area contributed by atoms with Crippen molar-refractivity contribution >= 4 is 0 Å². The molecule has 0 aliphatic rings. The second kappa shape index (κ2) is 4.97. The summed E-state index contributed by atoms with van der Waals surface area (Å²) in [6, 6.07) is 4.51. The number of nitrogens with zero attached hydrogens (tertiary/aromatic N) is 1. The first-order valence-electron chi connectivity index (χ1n) is 4.96. The van der Waals surface area contributed by atoms with Gasteiger partial charge in [0.1, 0.15) is 0 Å². The average Bonchev–Trinajstić information content (AvgIpc) is 2.18. The van der Waals surface area contributed by atoms with E-state index in [0.29, 0.717) is 6.04 Å². The zero-order valence-electron chi connectivity index (χ0n) is 8.67. The van der Waals surface area contributed by atoms with Gasteiger partial charge in [-0.15, -0.1) is 0 Å². The van der Waals surface area contributed by atoms with Crippen molar-refractivity contribution < 1.29 is 0 Å². The molecule has 1 unspecified atom stereocenters. The van der Waals surface area contributed by atoms with E-state index in [4.69, 9.17) is 0 Å². The highest BCUT2D eigenvalue weighted by Gasteiger charge is 2.08. The first kappa shape index (κ1) is 10.2. The fourth-order valence-corrected chi connectivity index (χ4v) is 1.54. The van der Waals surface area contributed by atoms with E-state index < -0.39 is 0 Å². The Hall–Kier alpha value is -0.890. The second-order valence-corrected chi connectivity index (χ2v) is 3.18.